The molecule has 0 unspecified atom stereocenters. The van der Waals surface area contributed by atoms with Gasteiger partial charge in [0.1, 0.15) is 0 Å². The number of hydrogen-bond donors (Lipinski definition) is 1. The van der Waals surface area contributed by atoms with Gasteiger partial charge in [0.15, 0.2) is 0 Å². The van der Waals surface area contributed by atoms with E-state index in [0.717, 1.165) is 70.0 Å². The van der Waals surface area contributed by atoms with Crippen molar-refractivity contribution in [2.45, 2.75) is 39.8 Å². The summed E-state index contributed by atoms with van der Waals surface area (Å²) in [6, 6.07) is 0. The fraction of sp³-hybridized carbons (Fsp3) is 0.778. The molecular weight excluding hydrogens is 318 g/mol. The Bertz CT molecular complexity index is 587. The molecule has 0 aliphatic carbocycles. The molecule has 0 spiro atoms. The monoisotopic (exact) mass is 349 g/mol. The summed E-state index contributed by atoms with van der Waals surface area (Å²) in [6.07, 6.45) is 2.31. The summed E-state index contributed by atoms with van der Waals surface area (Å²) in [5.41, 5.74) is 3.48. The van der Waals surface area contributed by atoms with Crippen LogP contribution >= 0.6 is 0 Å². The van der Waals surface area contributed by atoms with E-state index in [2.05, 4.69) is 21.8 Å². The maximum atomic E-state index is 12.3. The molecule has 0 bridgehead atoms. The maximum absolute atomic E-state index is 12.3. The topological polar surface area (TPSA) is 64.8 Å². The Morgan fingerprint density at radius 1 is 1.04 bits per heavy atom. The van der Waals surface area contributed by atoms with Gasteiger partial charge in [-0.25, -0.2) is 0 Å². The second-order valence-electron chi connectivity index (χ2n) is 7.24. The van der Waals surface area contributed by atoms with Crippen molar-refractivity contribution in [3.05, 3.63) is 17.0 Å². The van der Waals surface area contributed by atoms with Crippen LogP contribution in [0.1, 0.15) is 29.8 Å². The first kappa shape index (κ1) is 18.4. The average molecular weight is 349 g/mol. The van der Waals surface area contributed by atoms with Gasteiger partial charge in [-0.1, -0.05) is 0 Å². The lowest BCUT2D eigenvalue weighted by molar-refractivity contribution is -0.131. The third-order valence-electron chi connectivity index (χ3n) is 5.51. The van der Waals surface area contributed by atoms with Gasteiger partial charge in [-0.15, -0.1) is 0 Å². The zero-order valence-corrected chi connectivity index (χ0v) is 15.6. The standard InChI is InChI=1S/C18H31N5O2/c1-15-17(16(2)23(19-15)11-12-24)13-20-7-9-21(10-8-20)14-18(25)22-5-3-4-6-22/h24H,3-14H2,1-2H3. The molecule has 3 rings (SSSR count). The molecule has 0 radical (unpaired) electrons. The third-order valence-corrected chi connectivity index (χ3v) is 5.51. The zero-order valence-electron chi connectivity index (χ0n) is 15.6. The molecule has 140 valence electrons. The summed E-state index contributed by atoms with van der Waals surface area (Å²) in [5, 5.41) is 13.7. The molecule has 7 heteroatoms. The maximum Gasteiger partial charge on any atom is 0.236 e. The van der Waals surface area contributed by atoms with Gasteiger partial charge in [-0.3, -0.25) is 19.3 Å². The molecule has 2 fully saturated rings. The van der Waals surface area contributed by atoms with Crippen molar-refractivity contribution >= 4 is 5.91 Å². The first-order valence-electron chi connectivity index (χ1n) is 9.44. The van der Waals surface area contributed by atoms with Crippen molar-refractivity contribution in [1.82, 2.24) is 24.5 Å². The van der Waals surface area contributed by atoms with Crippen LogP contribution in [-0.2, 0) is 17.9 Å². The van der Waals surface area contributed by atoms with Crippen LogP contribution in [0, 0.1) is 13.8 Å². The van der Waals surface area contributed by atoms with E-state index >= 15 is 0 Å². The van der Waals surface area contributed by atoms with Crippen LogP contribution in [0.4, 0.5) is 0 Å². The number of aryl methyl sites for hydroxylation is 1. The molecule has 2 aliphatic rings. The highest BCUT2D eigenvalue weighted by Crippen LogP contribution is 2.17. The second kappa shape index (κ2) is 8.29. The molecule has 0 aromatic carbocycles. The lowest BCUT2D eigenvalue weighted by atomic mass is 10.1. The molecule has 1 amide bonds. The number of rotatable bonds is 6. The van der Waals surface area contributed by atoms with E-state index in [9.17, 15) is 4.79 Å². The van der Waals surface area contributed by atoms with E-state index in [4.69, 9.17) is 5.11 Å². The molecule has 25 heavy (non-hydrogen) atoms. The number of hydrogen-bond acceptors (Lipinski definition) is 5. The molecule has 2 saturated heterocycles. The quantitative estimate of drug-likeness (QED) is 0.797. The minimum absolute atomic E-state index is 0.116. The van der Waals surface area contributed by atoms with Gasteiger partial charge >= 0.3 is 0 Å². The normalized spacial score (nSPS) is 19.7. The molecule has 2 aliphatic heterocycles. The van der Waals surface area contributed by atoms with Crippen LogP contribution < -0.4 is 0 Å². The lowest BCUT2D eigenvalue weighted by Crippen LogP contribution is -2.49. The van der Waals surface area contributed by atoms with Crippen LogP contribution in [0.2, 0.25) is 0 Å². The molecule has 0 saturated carbocycles. The Kier molecular flexibility index (Phi) is 6.09. The summed E-state index contributed by atoms with van der Waals surface area (Å²) < 4.78 is 1.90. The summed E-state index contributed by atoms with van der Waals surface area (Å²) in [6.45, 7) is 12.0. The largest absolute Gasteiger partial charge is 0.394 e. The second-order valence-corrected chi connectivity index (χ2v) is 7.24. The van der Waals surface area contributed by atoms with Crippen molar-refractivity contribution in [3.8, 4) is 0 Å². The van der Waals surface area contributed by atoms with Gasteiger partial charge in [-0.05, 0) is 26.7 Å². The molecule has 1 N–H and O–H groups in total. The van der Waals surface area contributed by atoms with Crippen LogP contribution in [0.15, 0.2) is 0 Å². The van der Waals surface area contributed by atoms with E-state index in [1.807, 2.05) is 16.5 Å². The molecular formula is C18H31N5O2. The molecule has 1 aromatic heterocycles. The van der Waals surface area contributed by atoms with Crippen LogP contribution in [0.25, 0.3) is 0 Å². The van der Waals surface area contributed by atoms with Crippen LogP contribution in [0.5, 0.6) is 0 Å². The molecule has 7 nitrogen and oxygen atoms in total. The molecule has 3 heterocycles. The Hall–Kier alpha value is -1.44. The first-order valence-corrected chi connectivity index (χ1v) is 9.44. The van der Waals surface area contributed by atoms with E-state index < -0.39 is 0 Å². The summed E-state index contributed by atoms with van der Waals surface area (Å²) >= 11 is 0. The van der Waals surface area contributed by atoms with Gasteiger partial charge in [0.05, 0.1) is 25.4 Å². The number of aliphatic hydroxyl groups excluding tert-OH is 1. The number of nitrogens with zero attached hydrogens (tertiary/aromatic N) is 5. The van der Waals surface area contributed by atoms with Gasteiger partial charge < -0.3 is 10.0 Å². The number of carbonyl (C=O) groups is 1. The first-order chi connectivity index (χ1) is 12.1. The minimum atomic E-state index is 0.116. The number of aromatic nitrogens is 2. The highest BCUT2D eigenvalue weighted by atomic mass is 16.3. The Morgan fingerprint density at radius 3 is 2.32 bits per heavy atom. The van der Waals surface area contributed by atoms with Gasteiger partial charge in [0.2, 0.25) is 5.91 Å². The van der Waals surface area contributed by atoms with Crippen molar-refractivity contribution in [1.29, 1.82) is 0 Å². The number of aliphatic hydroxyl groups is 1. The Labute approximate surface area is 150 Å². The smallest absolute Gasteiger partial charge is 0.236 e. The van der Waals surface area contributed by atoms with Crippen molar-refractivity contribution in [3.63, 3.8) is 0 Å². The Morgan fingerprint density at radius 2 is 1.68 bits per heavy atom. The average Bonchev–Trinajstić information content (AvgIpc) is 3.22. The zero-order chi connectivity index (χ0) is 17.8. The van der Waals surface area contributed by atoms with Crippen molar-refractivity contribution in [2.24, 2.45) is 0 Å². The number of piperazine rings is 1. The van der Waals surface area contributed by atoms with Crippen molar-refractivity contribution in [2.75, 3.05) is 52.4 Å². The molecule has 0 atom stereocenters. The van der Waals surface area contributed by atoms with Crippen molar-refractivity contribution < 1.29 is 9.90 Å². The fourth-order valence-electron chi connectivity index (χ4n) is 3.86. The predicted molar refractivity (Wildman–Crippen MR) is 96.3 cm³/mol. The van der Waals surface area contributed by atoms with Crippen LogP contribution in [0.3, 0.4) is 0 Å². The summed E-state index contributed by atoms with van der Waals surface area (Å²) in [4.78, 5) is 19.0. The highest BCUT2D eigenvalue weighted by molar-refractivity contribution is 5.78. The third kappa shape index (κ3) is 4.40. The summed E-state index contributed by atoms with van der Waals surface area (Å²) in [5.74, 6) is 0.294. The van der Waals surface area contributed by atoms with Crippen LogP contribution in [-0.4, -0.2) is 87.9 Å². The Balaban J connectivity index is 1.48. The SMILES string of the molecule is Cc1nn(CCO)c(C)c1CN1CCN(CC(=O)N2CCCC2)CC1. The van der Waals surface area contributed by atoms with Gasteiger partial charge in [0, 0.05) is 57.1 Å². The van der Waals surface area contributed by atoms with Gasteiger partial charge in [-0.2, -0.15) is 5.10 Å². The van der Waals surface area contributed by atoms with E-state index in [-0.39, 0.29) is 6.61 Å². The minimum Gasteiger partial charge on any atom is -0.394 e. The highest BCUT2D eigenvalue weighted by Gasteiger charge is 2.24. The predicted octanol–water partition coefficient (Wildman–Crippen LogP) is 0.232. The number of likely N-dealkylation sites (tertiary alicyclic amines) is 1. The van der Waals surface area contributed by atoms with E-state index in [1.54, 1.807) is 0 Å². The lowest BCUT2D eigenvalue weighted by Gasteiger charge is -2.35. The number of amides is 1. The summed E-state index contributed by atoms with van der Waals surface area (Å²) in [7, 11) is 0. The fourth-order valence-corrected chi connectivity index (χ4v) is 3.86. The van der Waals surface area contributed by atoms with Gasteiger partial charge in [0.25, 0.3) is 0 Å². The number of carbonyl (C=O) groups excluding carboxylic acids is 1. The van der Waals surface area contributed by atoms with E-state index in [1.165, 1.54) is 5.56 Å². The van der Waals surface area contributed by atoms with E-state index in [0.29, 0.717) is 19.0 Å². The molecule has 1 aromatic rings.